The second-order valence-corrected chi connectivity index (χ2v) is 4.71. The monoisotopic (exact) mass is 366 g/mol. The number of cyclic esters (lactones) is 2. The number of ether oxygens (including phenoxy) is 3. The first kappa shape index (κ1) is 21.1. The third-order valence-corrected chi connectivity index (χ3v) is 3.41. The number of methoxy groups -OCH3 is 2. The number of halogens is 2. The molecule has 1 heterocycles. The summed E-state index contributed by atoms with van der Waals surface area (Å²) >= 11 is 11.0. The van der Waals surface area contributed by atoms with Gasteiger partial charge in [0.05, 0.1) is 25.4 Å². The topological polar surface area (TPSA) is 96.0 Å². The quantitative estimate of drug-likeness (QED) is 0.325. The van der Waals surface area contributed by atoms with E-state index >= 15 is 0 Å². The van der Waals surface area contributed by atoms with E-state index in [2.05, 4.69) is 14.2 Å². The van der Waals surface area contributed by atoms with Gasteiger partial charge in [-0.25, -0.2) is 19.2 Å². The predicted octanol–water partition coefficient (Wildman–Crippen LogP) is 2.21. The molecule has 9 heteroatoms. The Morgan fingerprint density at radius 3 is 1.83 bits per heavy atom. The molecule has 0 aromatic rings. The zero-order valence-corrected chi connectivity index (χ0v) is 14.5. The van der Waals surface area contributed by atoms with Gasteiger partial charge in [-0.3, -0.25) is 0 Å². The fourth-order valence-electron chi connectivity index (χ4n) is 1.43. The molecule has 128 valence electrons. The second kappa shape index (κ2) is 10.0. The minimum absolute atomic E-state index is 0.0764. The van der Waals surface area contributed by atoms with Gasteiger partial charge in [0.2, 0.25) is 0 Å². The highest BCUT2D eigenvalue weighted by Gasteiger charge is 2.29. The highest BCUT2D eigenvalue weighted by atomic mass is 35.5. The van der Waals surface area contributed by atoms with Crippen LogP contribution in [0.3, 0.4) is 0 Å². The lowest BCUT2D eigenvalue weighted by atomic mass is 10.2. The van der Waals surface area contributed by atoms with Crippen LogP contribution in [0.25, 0.3) is 0 Å². The molecule has 0 spiro atoms. The zero-order valence-electron chi connectivity index (χ0n) is 13.0. The Hall–Kier alpha value is -1.86. The van der Waals surface area contributed by atoms with Gasteiger partial charge in [-0.1, -0.05) is 37.0 Å². The first-order chi connectivity index (χ1) is 10.7. The number of hydrogen-bond donors (Lipinski definition) is 0. The Morgan fingerprint density at radius 1 is 1.04 bits per heavy atom. The zero-order chi connectivity index (χ0) is 18.2. The average molecular weight is 367 g/mol. The average Bonchev–Trinajstić information content (AvgIpc) is 2.79. The van der Waals surface area contributed by atoms with Crippen molar-refractivity contribution in [2.24, 2.45) is 0 Å². The van der Waals surface area contributed by atoms with Crippen LogP contribution in [0.15, 0.2) is 21.2 Å². The highest BCUT2D eigenvalue weighted by molar-refractivity contribution is 6.45. The van der Waals surface area contributed by atoms with Crippen molar-refractivity contribution in [2.75, 3.05) is 14.2 Å². The smallest absolute Gasteiger partial charge is 0.358 e. The lowest BCUT2D eigenvalue weighted by Gasteiger charge is -2.04. The summed E-state index contributed by atoms with van der Waals surface area (Å²) in [6.45, 7) is 3.43. The van der Waals surface area contributed by atoms with Crippen molar-refractivity contribution < 1.29 is 33.4 Å². The maximum absolute atomic E-state index is 11.0. The largest absolute Gasteiger partial charge is 0.466 e. The van der Waals surface area contributed by atoms with E-state index in [1.54, 1.807) is 13.8 Å². The molecule has 0 unspecified atom stereocenters. The number of carbonyl (C=O) groups is 4. The van der Waals surface area contributed by atoms with Gasteiger partial charge in [0.25, 0.3) is 0 Å². The molecule has 23 heavy (non-hydrogen) atoms. The van der Waals surface area contributed by atoms with Crippen molar-refractivity contribution in [1.29, 1.82) is 0 Å². The van der Waals surface area contributed by atoms with Gasteiger partial charge in [0, 0.05) is 0 Å². The van der Waals surface area contributed by atoms with Gasteiger partial charge >= 0.3 is 23.9 Å². The molecule has 0 saturated heterocycles. The van der Waals surface area contributed by atoms with Crippen molar-refractivity contribution in [3.05, 3.63) is 21.2 Å². The molecule has 0 N–H and O–H groups in total. The van der Waals surface area contributed by atoms with E-state index in [0.717, 1.165) is 0 Å². The summed E-state index contributed by atoms with van der Waals surface area (Å²) in [5.74, 6) is -2.69. The number of rotatable bonds is 4. The molecule has 1 aliphatic rings. The summed E-state index contributed by atoms with van der Waals surface area (Å²) in [6, 6.07) is 0. The maximum atomic E-state index is 11.0. The SMILES string of the molecule is CC/C(C(=O)OC)=C(\Cl)C(=O)OC.CCC1=C(Cl)C(=O)OC1=O. The van der Waals surface area contributed by atoms with Gasteiger partial charge in [-0.15, -0.1) is 0 Å². The number of carbonyl (C=O) groups excluding carboxylic acids is 4. The van der Waals surface area contributed by atoms with E-state index in [4.69, 9.17) is 23.2 Å². The van der Waals surface area contributed by atoms with Gasteiger partial charge in [0.15, 0.2) is 0 Å². The number of hydrogen-bond acceptors (Lipinski definition) is 7. The Labute approximate surface area is 143 Å². The highest BCUT2D eigenvalue weighted by Crippen LogP contribution is 2.22. The Kier molecular flexibility index (Phi) is 9.21. The van der Waals surface area contributed by atoms with E-state index in [1.807, 2.05) is 0 Å². The van der Waals surface area contributed by atoms with E-state index < -0.39 is 23.9 Å². The third kappa shape index (κ3) is 5.69. The minimum Gasteiger partial charge on any atom is -0.466 e. The minimum atomic E-state index is -0.733. The Balaban J connectivity index is 0.000000433. The van der Waals surface area contributed by atoms with Gasteiger partial charge < -0.3 is 14.2 Å². The summed E-state index contributed by atoms with van der Waals surface area (Å²) in [5, 5.41) is -0.302. The summed E-state index contributed by atoms with van der Waals surface area (Å²) in [5.41, 5.74) is 0.391. The van der Waals surface area contributed by atoms with Crippen molar-refractivity contribution in [2.45, 2.75) is 26.7 Å². The molecule has 7 nitrogen and oxygen atoms in total. The fraction of sp³-hybridized carbons (Fsp3) is 0.429. The van der Waals surface area contributed by atoms with E-state index in [0.29, 0.717) is 12.8 Å². The molecule has 0 saturated carbocycles. The standard InChI is InChI=1S/C8H11ClO4.C6H5ClO3/c1-4-5(7(10)12-2)6(9)8(11)13-3;1-2-3-4(7)6(9)10-5(3)8/h4H2,1-3H3;2H2,1H3/b6-5+;. The molecular weight excluding hydrogens is 351 g/mol. The van der Waals surface area contributed by atoms with E-state index in [-0.39, 0.29) is 21.2 Å². The van der Waals surface area contributed by atoms with Crippen LogP contribution in [0.2, 0.25) is 0 Å². The first-order valence-corrected chi connectivity index (χ1v) is 7.20. The number of esters is 4. The van der Waals surface area contributed by atoms with Crippen molar-refractivity contribution in [3.8, 4) is 0 Å². The second-order valence-electron chi connectivity index (χ2n) is 3.95. The van der Waals surface area contributed by atoms with E-state index in [9.17, 15) is 19.2 Å². The van der Waals surface area contributed by atoms with Crippen LogP contribution >= 0.6 is 23.2 Å². The summed E-state index contributed by atoms with van der Waals surface area (Å²) in [6.07, 6.45) is 0.754. The molecule has 0 atom stereocenters. The van der Waals surface area contributed by atoms with Crippen LogP contribution in [-0.2, 0) is 33.4 Å². The third-order valence-electron chi connectivity index (χ3n) is 2.64. The van der Waals surface area contributed by atoms with Crippen molar-refractivity contribution in [3.63, 3.8) is 0 Å². The lowest BCUT2D eigenvalue weighted by Crippen LogP contribution is -2.11. The van der Waals surface area contributed by atoms with Crippen LogP contribution in [0.1, 0.15) is 26.7 Å². The summed E-state index contributed by atoms with van der Waals surface area (Å²) in [7, 11) is 2.41. The summed E-state index contributed by atoms with van der Waals surface area (Å²) in [4.78, 5) is 43.1. The van der Waals surface area contributed by atoms with Crippen LogP contribution in [0.5, 0.6) is 0 Å². The molecule has 0 aromatic carbocycles. The van der Waals surface area contributed by atoms with Crippen LogP contribution < -0.4 is 0 Å². The molecule has 0 bridgehead atoms. The van der Waals surface area contributed by atoms with Crippen LogP contribution in [-0.4, -0.2) is 38.1 Å². The van der Waals surface area contributed by atoms with Crippen molar-refractivity contribution in [1.82, 2.24) is 0 Å². The van der Waals surface area contributed by atoms with Gasteiger partial charge in [0.1, 0.15) is 10.1 Å². The molecule has 0 amide bonds. The molecule has 1 rings (SSSR count). The molecular formula is C14H16Cl2O7. The van der Waals surface area contributed by atoms with Crippen LogP contribution in [0, 0.1) is 0 Å². The Bertz CT molecular complexity index is 576. The lowest BCUT2D eigenvalue weighted by molar-refractivity contribution is -0.151. The molecule has 1 aliphatic heterocycles. The van der Waals surface area contributed by atoms with Crippen LogP contribution in [0.4, 0.5) is 0 Å². The predicted molar refractivity (Wildman–Crippen MR) is 81.5 cm³/mol. The maximum Gasteiger partial charge on any atom is 0.358 e. The van der Waals surface area contributed by atoms with Gasteiger partial charge in [-0.05, 0) is 12.8 Å². The molecule has 0 aromatic heterocycles. The van der Waals surface area contributed by atoms with Gasteiger partial charge in [-0.2, -0.15) is 0 Å². The first-order valence-electron chi connectivity index (χ1n) is 6.45. The Morgan fingerprint density at radius 2 is 1.57 bits per heavy atom. The summed E-state index contributed by atoms with van der Waals surface area (Å²) < 4.78 is 13.0. The van der Waals surface area contributed by atoms with Crippen molar-refractivity contribution >= 4 is 47.1 Å². The molecule has 0 aliphatic carbocycles. The normalized spacial score (nSPS) is 14.5. The van der Waals surface area contributed by atoms with E-state index in [1.165, 1.54) is 14.2 Å². The molecule has 0 fully saturated rings. The fourth-order valence-corrected chi connectivity index (χ4v) is 1.97. The molecule has 0 radical (unpaired) electrons.